The van der Waals surface area contributed by atoms with Gasteiger partial charge < -0.3 is 5.32 Å². The first-order valence-electron chi connectivity index (χ1n) is 7.63. The second-order valence-electron chi connectivity index (χ2n) is 5.64. The highest BCUT2D eigenvalue weighted by Crippen LogP contribution is 2.38. The maximum Gasteiger partial charge on any atom is 0.143 e. The maximum absolute atomic E-state index is 6.06. The highest BCUT2D eigenvalue weighted by atomic mass is 79.9. The number of aromatic nitrogens is 2. The number of nitrogens with zero attached hydrogens (tertiary/aromatic N) is 2. The molecular weight excluding hydrogens is 418 g/mol. The van der Waals surface area contributed by atoms with E-state index in [0.29, 0.717) is 0 Å². The van der Waals surface area contributed by atoms with Gasteiger partial charge in [-0.2, -0.15) is 0 Å². The first kappa shape index (κ1) is 16.5. The van der Waals surface area contributed by atoms with Crippen LogP contribution in [0.1, 0.15) is 5.56 Å². The molecule has 0 bridgehead atoms. The molecule has 0 fully saturated rings. The van der Waals surface area contributed by atoms with Crippen molar-refractivity contribution >= 4 is 60.6 Å². The monoisotopic (exact) mass is 429 g/mol. The Morgan fingerprint density at radius 1 is 1.08 bits per heavy atom. The number of halogens is 2. The fraction of sp³-hybridized carbons (Fsp3) is 0.0526. The van der Waals surface area contributed by atoms with Crippen molar-refractivity contribution in [3.63, 3.8) is 0 Å². The summed E-state index contributed by atoms with van der Waals surface area (Å²) in [5, 5.41) is 7.32. The van der Waals surface area contributed by atoms with Gasteiger partial charge in [-0.3, -0.25) is 0 Å². The quantitative estimate of drug-likeness (QED) is 0.387. The van der Waals surface area contributed by atoms with Crippen LogP contribution in [0.4, 0.5) is 11.5 Å². The molecule has 0 saturated heterocycles. The summed E-state index contributed by atoms with van der Waals surface area (Å²) >= 11 is 11.2. The Morgan fingerprint density at radius 2 is 1.88 bits per heavy atom. The third-order valence-electron chi connectivity index (χ3n) is 3.97. The van der Waals surface area contributed by atoms with Crippen LogP contribution in [0.3, 0.4) is 0 Å². The van der Waals surface area contributed by atoms with Gasteiger partial charge >= 0.3 is 0 Å². The Hall–Kier alpha value is -1.95. The van der Waals surface area contributed by atoms with Crippen LogP contribution >= 0.6 is 38.9 Å². The normalized spacial score (nSPS) is 11.0. The van der Waals surface area contributed by atoms with Crippen molar-refractivity contribution in [2.45, 2.75) is 6.92 Å². The predicted octanol–water partition coefficient (Wildman–Crippen LogP) is 6.83. The number of hydrogen-bond donors (Lipinski definition) is 1. The molecule has 0 unspecified atom stereocenters. The fourth-order valence-corrected chi connectivity index (χ4v) is 4.11. The zero-order chi connectivity index (χ0) is 17.4. The van der Waals surface area contributed by atoms with E-state index in [0.717, 1.165) is 47.9 Å². The minimum absolute atomic E-state index is 0.724. The molecule has 0 aliphatic rings. The molecule has 0 aliphatic carbocycles. The number of hydrogen-bond acceptors (Lipinski definition) is 4. The molecule has 2 aromatic heterocycles. The zero-order valence-corrected chi connectivity index (χ0v) is 16.4. The number of aryl methyl sites for hydroxylation is 1. The number of fused-ring (bicyclic) bond motifs is 1. The lowest BCUT2D eigenvalue weighted by molar-refractivity contribution is 1.23. The number of thiophene rings is 1. The van der Waals surface area contributed by atoms with Crippen molar-refractivity contribution < 1.29 is 0 Å². The number of benzene rings is 2. The van der Waals surface area contributed by atoms with Gasteiger partial charge in [0, 0.05) is 26.1 Å². The lowest BCUT2D eigenvalue weighted by Crippen LogP contribution is -1.97. The molecule has 0 spiro atoms. The molecule has 0 saturated carbocycles. The molecule has 0 radical (unpaired) electrons. The first-order chi connectivity index (χ1) is 12.1. The van der Waals surface area contributed by atoms with Gasteiger partial charge in [0.15, 0.2) is 0 Å². The van der Waals surface area contributed by atoms with Crippen molar-refractivity contribution in [2.24, 2.45) is 0 Å². The lowest BCUT2D eigenvalue weighted by Gasteiger charge is -2.11. The highest BCUT2D eigenvalue weighted by molar-refractivity contribution is 9.10. The Morgan fingerprint density at radius 3 is 2.64 bits per heavy atom. The lowest BCUT2D eigenvalue weighted by atomic mass is 10.1. The summed E-state index contributed by atoms with van der Waals surface area (Å²) in [6.07, 6.45) is 1.60. The standard InChI is InChI=1S/C19H13BrClN3S/c1-11-8-14(21)6-7-16(11)24-18-17-15(9-25-19(17)23-10-22-18)12-2-4-13(20)5-3-12/h2-10H,1H3,(H,22,23,24). The van der Waals surface area contributed by atoms with Crippen LogP contribution in [0.25, 0.3) is 21.3 Å². The fourth-order valence-electron chi connectivity index (χ4n) is 2.71. The molecule has 6 heteroatoms. The summed E-state index contributed by atoms with van der Waals surface area (Å²) < 4.78 is 1.06. The van der Waals surface area contributed by atoms with E-state index >= 15 is 0 Å². The van der Waals surface area contributed by atoms with Crippen LogP contribution < -0.4 is 5.32 Å². The summed E-state index contributed by atoms with van der Waals surface area (Å²) in [4.78, 5) is 9.86. The van der Waals surface area contributed by atoms with Crippen LogP contribution in [0.5, 0.6) is 0 Å². The smallest absolute Gasteiger partial charge is 0.143 e. The van der Waals surface area contributed by atoms with Gasteiger partial charge in [-0.25, -0.2) is 9.97 Å². The Labute approximate surface area is 162 Å². The summed E-state index contributed by atoms with van der Waals surface area (Å²) in [5.41, 5.74) is 4.32. The van der Waals surface area contributed by atoms with E-state index in [1.807, 2.05) is 37.3 Å². The maximum atomic E-state index is 6.06. The van der Waals surface area contributed by atoms with Gasteiger partial charge in [0.05, 0.1) is 5.39 Å². The predicted molar refractivity (Wildman–Crippen MR) is 110 cm³/mol. The van der Waals surface area contributed by atoms with Crippen LogP contribution in [0.15, 0.2) is 58.6 Å². The molecular formula is C19H13BrClN3S. The van der Waals surface area contributed by atoms with Crippen molar-refractivity contribution in [3.8, 4) is 11.1 Å². The topological polar surface area (TPSA) is 37.8 Å². The SMILES string of the molecule is Cc1cc(Cl)ccc1Nc1ncnc2scc(-c3ccc(Br)cc3)c12. The Kier molecular flexibility index (Phi) is 4.46. The number of rotatable bonds is 3. The molecule has 25 heavy (non-hydrogen) atoms. The molecule has 1 N–H and O–H groups in total. The summed E-state index contributed by atoms with van der Waals surface area (Å²) in [7, 11) is 0. The van der Waals surface area contributed by atoms with Crippen molar-refractivity contribution in [2.75, 3.05) is 5.32 Å². The van der Waals surface area contributed by atoms with Crippen molar-refractivity contribution in [1.82, 2.24) is 9.97 Å². The molecule has 4 rings (SSSR count). The molecule has 2 heterocycles. The van der Waals surface area contributed by atoms with Crippen LogP contribution in [0, 0.1) is 6.92 Å². The minimum atomic E-state index is 0.724. The average Bonchev–Trinajstić information content (AvgIpc) is 3.03. The molecule has 0 atom stereocenters. The highest BCUT2D eigenvalue weighted by Gasteiger charge is 2.14. The zero-order valence-electron chi connectivity index (χ0n) is 13.3. The molecule has 2 aromatic carbocycles. The molecule has 0 amide bonds. The molecule has 4 aromatic rings. The molecule has 124 valence electrons. The minimum Gasteiger partial charge on any atom is -0.339 e. The van der Waals surface area contributed by atoms with E-state index in [-0.39, 0.29) is 0 Å². The largest absolute Gasteiger partial charge is 0.339 e. The van der Waals surface area contributed by atoms with Gasteiger partial charge in [-0.15, -0.1) is 11.3 Å². The first-order valence-corrected chi connectivity index (χ1v) is 9.68. The van der Waals surface area contributed by atoms with E-state index in [2.05, 4.69) is 48.7 Å². The van der Waals surface area contributed by atoms with Gasteiger partial charge in [-0.05, 0) is 48.4 Å². The van der Waals surface area contributed by atoms with E-state index in [1.54, 1.807) is 17.7 Å². The second-order valence-corrected chi connectivity index (χ2v) is 7.85. The summed E-state index contributed by atoms with van der Waals surface area (Å²) in [6.45, 7) is 2.02. The van der Waals surface area contributed by atoms with E-state index in [1.165, 1.54) is 0 Å². The molecule has 0 aliphatic heterocycles. The number of anilines is 2. The van der Waals surface area contributed by atoms with Crippen LogP contribution in [0.2, 0.25) is 5.02 Å². The van der Waals surface area contributed by atoms with Gasteiger partial charge in [0.1, 0.15) is 17.0 Å². The van der Waals surface area contributed by atoms with Gasteiger partial charge in [-0.1, -0.05) is 39.7 Å². The Balaban J connectivity index is 1.84. The van der Waals surface area contributed by atoms with E-state index in [9.17, 15) is 0 Å². The Bertz CT molecular complexity index is 1060. The van der Waals surface area contributed by atoms with E-state index in [4.69, 9.17) is 11.6 Å². The molecule has 3 nitrogen and oxygen atoms in total. The number of nitrogens with one attached hydrogen (secondary N) is 1. The van der Waals surface area contributed by atoms with Crippen LogP contribution in [-0.4, -0.2) is 9.97 Å². The van der Waals surface area contributed by atoms with Crippen LogP contribution in [-0.2, 0) is 0 Å². The van der Waals surface area contributed by atoms with Crippen molar-refractivity contribution in [1.29, 1.82) is 0 Å². The average molecular weight is 431 g/mol. The third-order valence-corrected chi connectivity index (χ3v) is 5.62. The van der Waals surface area contributed by atoms with Crippen molar-refractivity contribution in [3.05, 3.63) is 69.2 Å². The van der Waals surface area contributed by atoms with E-state index < -0.39 is 0 Å². The van der Waals surface area contributed by atoms with Gasteiger partial charge in [0.25, 0.3) is 0 Å². The van der Waals surface area contributed by atoms with Gasteiger partial charge in [0.2, 0.25) is 0 Å². The second kappa shape index (κ2) is 6.75. The summed E-state index contributed by atoms with van der Waals surface area (Å²) in [5.74, 6) is 0.801. The third kappa shape index (κ3) is 3.27. The summed E-state index contributed by atoms with van der Waals surface area (Å²) in [6, 6.07) is 14.0.